The van der Waals surface area contributed by atoms with Crippen LogP contribution in [0.4, 0.5) is 5.13 Å². The summed E-state index contributed by atoms with van der Waals surface area (Å²) in [5, 5.41) is 14.3. The second-order valence-electron chi connectivity index (χ2n) is 4.84. The van der Waals surface area contributed by atoms with Crippen molar-refractivity contribution in [2.24, 2.45) is 0 Å². The molecule has 0 aliphatic carbocycles. The van der Waals surface area contributed by atoms with Gasteiger partial charge in [-0.3, -0.25) is 0 Å². The zero-order valence-electron chi connectivity index (χ0n) is 12.3. The first-order valence-corrected chi connectivity index (χ1v) is 9.93. The van der Waals surface area contributed by atoms with Crippen molar-refractivity contribution in [1.29, 1.82) is 0 Å². The van der Waals surface area contributed by atoms with Crippen LogP contribution in [0.3, 0.4) is 0 Å². The maximum atomic E-state index is 6.16. The average molecular weight is 417 g/mol. The number of hydrogen-bond acceptors (Lipinski definition) is 5. The first-order valence-electron chi connectivity index (χ1n) is 6.99. The van der Waals surface area contributed by atoms with Crippen molar-refractivity contribution < 1.29 is 0 Å². The fourth-order valence-corrected chi connectivity index (χ4v) is 4.44. The summed E-state index contributed by atoms with van der Waals surface area (Å²) < 4.78 is 0.889. The van der Waals surface area contributed by atoms with E-state index in [1.165, 1.54) is 11.3 Å². The van der Waals surface area contributed by atoms with Gasteiger partial charge in [-0.25, -0.2) is 0 Å². The van der Waals surface area contributed by atoms with E-state index in [-0.39, 0.29) is 0 Å². The third-order valence-corrected chi connectivity index (χ3v) is 6.18. The Morgan fingerprint density at radius 3 is 2.58 bits per heavy atom. The average Bonchev–Trinajstić information content (AvgIpc) is 3.01. The predicted molar refractivity (Wildman–Crippen MR) is 105 cm³/mol. The molecule has 2 aromatic carbocycles. The Balaban J connectivity index is 1.56. The molecule has 0 spiro atoms. The summed E-state index contributed by atoms with van der Waals surface area (Å²) in [6.07, 6.45) is 0. The van der Waals surface area contributed by atoms with Crippen molar-refractivity contribution in [1.82, 2.24) is 10.2 Å². The number of rotatable bonds is 6. The molecule has 1 aromatic heterocycles. The molecule has 0 aliphatic heterocycles. The number of benzene rings is 2. The first kappa shape index (κ1) is 17.8. The molecule has 3 rings (SSSR count). The number of halogens is 3. The quantitative estimate of drug-likeness (QED) is 0.472. The highest BCUT2D eigenvalue weighted by Gasteiger charge is 2.08. The van der Waals surface area contributed by atoms with E-state index >= 15 is 0 Å². The molecule has 1 N–H and O–H groups in total. The van der Waals surface area contributed by atoms with Crippen LogP contribution in [0.1, 0.15) is 11.1 Å². The van der Waals surface area contributed by atoms with E-state index in [0.29, 0.717) is 16.6 Å². The molecule has 1 heterocycles. The molecular formula is C16H12Cl3N3S2. The highest BCUT2D eigenvalue weighted by atomic mass is 35.5. The predicted octanol–water partition coefficient (Wildman–Crippen LogP) is 6.40. The molecule has 0 saturated heterocycles. The van der Waals surface area contributed by atoms with Crippen molar-refractivity contribution in [2.45, 2.75) is 16.6 Å². The molecule has 3 nitrogen and oxygen atoms in total. The minimum absolute atomic E-state index is 0.569. The minimum Gasteiger partial charge on any atom is -0.356 e. The smallest absolute Gasteiger partial charge is 0.206 e. The van der Waals surface area contributed by atoms with Crippen LogP contribution in [-0.4, -0.2) is 10.2 Å². The Bertz CT molecular complexity index is 839. The third-order valence-electron chi connectivity index (χ3n) is 3.16. The molecule has 0 bridgehead atoms. The van der Waals surface area contributed by atoms with E-state index in [0.717, 1.165) is 31.4 Å². The molecule has 24 heavy (non-hydrogen) atoms. The molecule has 0 atom stereocenters. The summed E-state index contributed by atoms with van der Waals surface area (Å²) in [5.41, 5.74) is 2.04. The number of nitrogens with one attached hydrogen (secondary N) is 1. The molecule has 8 heteroatoms. The van der Waals surface area contributed by atoms with Gasteiger partial charge in [0.05, 0.1) is 0 Å². The summed E-state index contributed by atoms with van der Waals surface area (Å²) >= 11 is 21.3. The molecule has 0 unspecified atom stereocenters. The molecule has 0 radical (unpaired) electrons. The highest BCUT2D eigenvalue weighted by molar-refractivity contribution is 8.00. The van der Waals surface area contributed by atoms with E-state index in [2.05, 4.69) is 15.5 Å². The van der Waals surface area contributed by atoms with Gasteiger partial charge < -0.3 is 5.32 Å². The Kier molecular flexibility index (Phi) is 6.25. The summed E-state index contributed by atoms with van der Waals surface area (Å²) in [6, 6.07) is 13.2. The van der Waals surface area contributed by atoms with Gasteiger partial charge in [0.1, 0.15) is 0 Å². The summed E-state index contributed by atoms with van der Waals surface area (Å²) in [6.45, 7) is 0.569. The Labute approximate surface area is 163 Å². The zero-order chi connectivity index (χ0) is 16.9. The van der Waals surface area contributed by atoms with Crippen LogP contribution >= 0.6 is 57.9 Å². The van der Waals surface area contributed by atoms with Crippen LogP contribution in [0.15, 0.2) is 46.8 Å². The first-order chi connectivity index (χ1) is 11.6. The lowest BCUT2D eigenvalue weighted by Crippen LogP contribution is -1.99. The van der Waals surface area contributed by atoms with Gasteiger partial charge in [-0.1, -0.05) is 82.2 Å². The van der Waals surface area contributed by atoms with Crippen LogP contribution in [0.5, 0.6) is 0 Å². The van der Waals surface area contributed by atoms with Crippen molar-refractivity contribution in [3.05, 3.63) is 68.7 Å². The molecule has 0 amide bonds. The van der Waals surface area contributed by atoms with Crippen molar-refractivity contribution in [3.63, 3.8) is 0 Å². The minimum atomic E-state index is 0.569. The van der Waals surface area contributed by atoms with Crippen molar-refractivity contribution in [3.8, 4) is 0 Å². The normalized spacial score (nSPS) is 10.8. The van der Waals surface area contributed by atoms with E-state index in [4.69, 9.17) is 34.8 Å². The summed E-state index contributed by atoms with van der Waals surface area (Å²) in [5.74, 6) is 0.761. The van der Waals surface area contributed by atoms with E-state index in [1.54, 1.807) is 17.8 Å². The number of anilines is 1. The monoisotopic (exact) mass is 415 g/mol. The lowest BCUT2D eigenvalue weighted by atomic mass is 10.2. The fourth-order valence-electron chi connectivity index (χ4n) is 1.93. The van der Waals surface area contributed by atoms with Gasteiger partial charge in [-0.05, 0) is 29.3 Å². The van der Waals surface area contributed by atoms with Crippen LogP contribution < -0.4 is 5.32 Å². The van der Waals surface area contributed by atoms with Crippen LogP contribution in [0.2, 0.25) is 15.1 Å². The largest absolute Gasteiger partial charge is 0.356 e. The molecule has 0 aliphatic rings. The van der Waals surface area contributed by atoms with Gasteiger partial charge in [0.15, 0.2) is 4.34 Å². The fraction of sp³-hybridized carbons (Fsp3) is 0.125. The molecule has 0 saturated carbocycles. The van der Waals surface area contributed by atoms with Crippen LogP contribution in [-0.2, 0) is 12.3 Å². The van der Waals surface area contributed by atoms with Gasteiger partial charge in [-0.15, -0.1) is 10.2 Å². The van der Waals surface area contributed by atoms with Gasteiger partial charge in [0.2, 0.25) is 5.13 Å². The maximum Gasteiger partial charge on any atom is 0.206 e. The zero-order valence-corrected chi connectivity index (χ0v) is 16.2. The van der Waals surface area contributed by atoms with E-state index < -0.39 is 0 Å². The Hall–Kier alpha value is -0.980. The van der Waals surface area contributed by atoms with Gasteiger partial charge >= 0.3 is 0 Å². The topological polar surface area (TPSA) is 37.8 Å². The third kappa shape index (κ3) is 4.77. The number of hydrogen-bond donors (Lipinski definition) is 1. The standard InChI is InChI=1S/C16H12Cl3N3S2/c17-12-6-5-10(14(19)7-12)8-20-15-21-22-16(24-15)23-9-11-3-1-2-4-13(11)18/h1-7H,8-9H2,(H,20,21). The van der Waals surface area contributed by atoms with Gasteiger partial charge in [-0.2, -0.15) is 0 Å². The molecule has 124 valence electrons. The summed E-state index contributed by atoms with van der Waals surface area (Å²) in [7, 11) is 0. The second kappa shape index (κ2) is 8.41. The van der Waals surface area contributed by atoms with Crippen molar-refractivity contribution >= 4 is 63.0 Å². The second-order valence-corrected chi connectivity index (χ2v) is 8.29. The Morgan fingerprint density at radius 2 is 1.79 bits per heavy atom. The SMILES string of the molecule is Clc1ccc(CNc2nnc(SCc3ccccc3Cl)s2)c(Cl)c1. The highest BCUT2D eigenvalue weighted by Crippen LogP contribution is 2.31. The molecule has 3 aromatic rings. The Morgan fingerprint density at radius 1 is 0.958 bits per heavy atom. The number of thioether (sulfide) groups is 1. The summed E-state index contributed by atoms with van der Waals surface area (Å²) in [4.78, 5) is 0. The molecular weight excluding hydrogens is 405 g/mol. The number of aromatic nitrogens is 2. The van der Waals surface area contributed by atoms with Crippen LogP contribution in [0, 0.1) is 0 Å². The van der Waals surface area contributed by atoms with Gasteiger partial charge in [0.25, 0.3) is 0 Å². The van der Waals surface area contributed by atoms with E-state index in [9.17, 15) is 0 Å². The lowest BCUT2D eigenvalue weighted by Gasteiger charge is -2.05. The van der Waals surface area contributed by atoms with E-state index in [1.807, 2.05) is 36.4 Å². The maximum absolute atomic E-state index is 6.16. The van der Waals surface area contributed by atoms with Crippen LogP contribution in [0.25, 0.3) is 0 Å². The van der Waals surface area contributed by atoms with Gasteiger partial charge in [0, 0.05) is 27.4 Å². The molecule has 0 fully saturated rings. The number of nitrogens with zero attached hydrogens (tertiary/aromatic N) is 2. The lowest BCUT2D eigenvalue weighted by molar-refractivity contribution is 0.995. The van der Waals surface area contributed by atoms with Crippen molar-refractivity contribution in [2.75, 3.05) is 5.32 Å².